The van der Waals surface area contributed by atoms with Gasteiger partial charge in [-0.1, -0.05) is 6.07 Å². The molecule has 1 atom stereocenters. The molecule has 0 aliphatic carbocycles. The highest BCUT2D eigenvalue weighted by molar-refractivity contribution is 7.89. The number of rotatable bonds is 5. The maximum absolute atomic E-state index is 12.3. The number of hydrogen-bond donors (Lipinski definition) is 3. The Bertz CT molecular complexity index is 758. The van der Waals surface area contributed by atoms with Crippen LogP contribution >= 0.6 is 0 Å². The molecule has 0 radical (unpaired) electrons. The lowest BCUT2D eigenvalue weighted by Gasteiger charge is -2.12. The number of aromatic nitrogens is 3. The number of aromatic amines is 1. The molecule has 0 saturated heterocycles. The van der Waals surface area contributed by atoms with Crippen molar-refractivity contribution in [3.8, 4) is 0 Å². The van der Waals surface area contributed by atoms with Crippen LogP contribution in [0.3, 0.4) is 0 Å². The molecule has 0 bridgehead atoms. The zero-order chi connectivity index (χ0) is 15.6. The summed E-state index contributed by atoms with van der Waals surface area (Å²) in [5.74, 6) is 0.283. The molecule has 0 aliphatic rings. The van der Waals surface area contributed by atoms with Gasteiger partial charge in [-0.05, 0) is 19.1 Å². The Balaban J connectivity index is 2.41. The number of nitro groups is 1. The number of hydrogen-bond acceptors (Lipinski definition) is 7. The zero-order valence-corrected chi connectivity index (χ0v) is 11.7. The summed E-state index contributed by atoms with van der Waals surface area (Å²) in [7, 11) is -4.14. The van der Waals surface area contributed by atoms with Gasteiger partial charge in [0.05, 0.1) is 11.0 Å². The van der Waals surface area contributed by atoms with Crippen LogP contribution in [0.15, 0.2) is 29.4 Å². The van der Waals surface area contributed by atoms with Gasteiger partial charge in [-0.15, -0.1) is 0 Å². The summed E-state index contributed by atoms with van der Waals surface area (Å²) in [6, 6.07) is 2.97. The van der Waals surface area contributed by atoms with Gasteiger partial charge in [0.2, 0.25) is 10.0 Å². The van der Waals surface area contributed by atoms with E-state index in [1.54, 1.807) is 0 Å². The number of nitrogens with two attached hydrogens (primary N) is 1. The van der Waals surface area contributed by atoms with E-state index < -0.39 is 31.6 Å². The fourth-order valence-corrected chi connectivity index (χ4v) is 3.14. The maximum atomic E-state index is 12.3. The summed E-state index contributed by atoms with van der Waals surface area (Å²) in [6.45, 7) is 1.52. The van der Waals surface area contributed by atoms with E-state index >= 15 is 0 Å². The van der Waals surface area contributed by atoms with Crippen LogP contribution in [0.1, 0.15) is 18.8 Å². The summed E-state index contributed by atoms with van der Waals surface area (Å²) in [4.78, 5) is 13.5. The molecule has 0 aliphatic heterocycles. The second kappa shape index (κ2) is 5.46. The van der Waals surface area contributed by atoms with Crippen molar-refractivity contribution < 1.29 is 13.3 Å². The number of anilines is 1. The number of nitrogens with one attached hydrogen (secondary N) is 2. The van der Waals surface area contributed by atoms with Crippen LogP contribution in [0.4, 0.5) is 11.4 Å². The highest BCUT2D eigenvalue weighted by atomic mass is 32.2. The van der Waals surface area contributed by atoms with E-state index in [9.17, 15) is 18.5 Å². The van der Waals surface area contributed by atoms with Crippen LogP contribution in [0.25, 0.3) is 0 Å². The smallest absolute Gasteiger partial charge is 0.312 e. The van der Waals surface area contributed by atoms with E-state index in [-0.39, 0.29) is 11.5 Å². The zero-order valence-electron chi connectivity index (χ0n) is 10.8. The fourth-order valence-electron chi connectivity index (χ4n) is 1.73. The van der Waals surface area contributed by atoms with E-state index in [4.69, 9.17) is 5.73 Å². The molecular formula is C10H12N6O4S. The molecule has 0 amide bonds. The predicted octanol–water partition coefficient (Wildman–Crippen LogP) is 0.335. The number of nitro benzene ring substituents is 1. The number of para-hydroxylation sites is 1. The molecule has 11 heteroatoms. The van der Waals surface area contributed by atoms with Crippen molar-refractivity contribution in [2.45, 2.75) is 17.9 Å². The van der Waals surface area contributed by atoms with Crippen LogP contribution < -0.4 is 10.5 Å². The van der Waals surface area contributed by atoms with Crippen molar-refractivity contribution in [2.24, 2.45) is 0 Å². The van der Waals surface area contributed by atoms with Crippen molar-refractivity contribution in [3.05, 3.63) is 40.5 Å². The first-order valence-electron chi connectivity index (χ1n) is 5.73. The first-order chi connectivity index (χ1) is 9.83. The highest BCUT2D eigenvalue weighted by Gasteiger charge is 2.29. The Kier molecular flexibility index (Phi) is 3.86. The average molecular weight is 312 g/mol. The molecule has 4 N–H and O–H groups in total. The van der Waals surface area contributed by atoms with Crippen LogP contribution in [-0.2, 0) is 10.0 Å². The molecule has 2 rings (SSSR count). The Hall–Kier alpha value is -2.53. The summed E-state index contributed by atoms with van der Waals surface area (Å²) in [6.07, 6.45) is 1.23. The van der Waals surface area contributed by atoms with Gasteiger partial charge in [-0.3, -0.25) is 15.2 Å². The predicted molar refractivity (Wildman–Crippen MR) is 72.6 cm³/mol. The minimum Gasteiger partial charge on any atom is -0.393 e. The van der Waals surface area contributed by atoms with Gasteiger partial charge in [-0.2, -0.15) is 5.10 Å². The number of sulfonamides is 1. The highest BCUT2D eigenvalue weighted by Crippen LogP contribution is 2.30. The minimum absolute atomic E-state index is 0.227. The van der Waals surface area contributed by atoms with Gasteiger partial charge in [0.15, 0.2) is 4.90 Å². The Labute approximate surface area is 119 Å². The lowest BCUT2D eigenvalue weighted by molar-refractivity contribution is -0.386. The molecule has 21 heavy (non-hydrogen) atoms. The summed E-state index contributed by atoms with van der Waals surface area (Å²) in [5.41, 5.74) is 4.60. The van der Waals surface area contributed by atoms with E-state index in [1.807, 2.05) is 0 Å². The molecule has 1 aromatic heterocycles. The van der Waals surface area contributed by atoms with Gasteiger partial charge < -0.3 is 5.73 Å². The van der Waals surface area contributed by atoms with Crippen LogP contribution in [0.2, 0.25) is 0 Å². The van der Waals surface area contributed by atoms with Crippen molar-refractivity contribution >= 4 is 21.4 Å². The van der Waals surface area contributed by atoms with Gasteiger partial charge in [0.25, 0.3) is 0 Å². The van der Waals surface area contributed by atoms with Crippen molar-refractivity contribution in [1.29, 1.82) is 0 Å². The number of nitrogens with zero attached hydrogens (tertiary/aromatic N) is 3. The number of nitrogen functional groups attached to an aromatic ring is 1. The molecule has 10 nitrogen and oxygen atoms in total. The molecule has 0 spiro atoms. The van der Waals surface area contributed by atoms with Crippen LogP contribution in [-0.4, -0.2) is 28.5 Å². The van der Waals surface area contributed by atoms with E-state index in [0.29, 0.717) is 0 Å². The molecular weight excluding hydrogens is 300 g/mol. The second-order valence-corrected chi connectivity index (χ2v) is 5.85. The summed E-state index contributed by atoms with van der Waals surface area (Å²) < 4.78 is 26.8. The monoisotopic (exact) mass is 312 g/mol. The number of benzene rings is 1. The van der Waals surface area contributed by atoms with Crippen molar-refractivity contribution in [2.75, 3.05) is 5.73 Å². The minimum atomic E-state index is -4.14. The van der Waals surface area contributed by atoms with Crippen LogP contribution in [0, 0.1) is 10.1 Å². The molecule has 112 valence electrons. The number of H-pyrrole nitrogens is 1. The van der Waals surface area contributed by atoms with Gasteiger partial charge >= 0.3 is 5.69 Å². The molecule has 1 unspecified atom stereocenters. The quantitative estimate of drug-likeness (QED) is 0.408. The standard InChI is InChI=1S/C10H12N6O4S/c1-6(10-12-5-13-14-10)15-21(19,20)8-4-2-3-7(11)9(8)16(17)18/h2-6,15H,11H2,1H3,(H,12,13,14). The van der Waals surface area contributed by atoms with Crippen molar-refractivity contribution in [1.82, 2.24) is 19.9 Å². The lowest BCUT2D eigenvalue weighted by Crippen LogP contribution is -2.28. The van der Waals surface area contributed by atoms with E-state index in [1.165, 1.54) is 25.4 Å². The fraction of sp³-hybridized carbons (Fsp3) is 0.200. The second-order valence-electron chi connectivity index (χ2n) is 4.16. The van der Waals surface area contributed by atoms with Gasteiger partial charge in [0, 0.05) is 0 Å². The van der Waals surface area contributed by atoms with E-state index in [2.05, 4.69) is 19.9 Å². The first kappa shape index (κ1) is 14.9. The van der Waals surface area contributed by atoms with Gasteiger partial charge in [0.1, 0.15) is 17.8 Å². The molecule has 1 heterocycles. The topological polar surface area (TPSA) is 157 Å². The average Bonchev–Trinajstić information content (AvgIpc) is 2.91. The summed E-state index contributed by atoms with van der Waals surface area (Å²) >= 11 is 0. The van der Waals surface area contributed by atoms with Gasteiger partial charge in [-0.25, -0.2) is 18.1 Å². The van der Waals surface area contributed by atoms with Crippen molar-refractivity contribution in [3.63, 3.8) is 0 Å². The third-order valence-electron chi connectivity index (χ3n) is 2.68. The Morgan fingerprint density at radius 3 is 2.76 bits per heavy atom. The van der Waals surface area contributed by atoms with Crippen LogP contribution in [0.5, 0.6) is 0 Å². The van der Waals surface area contributed by atoms with E-state index in [0.717, 1.165) is 6.07 Å². The third-order valence-corrected chi connectivity index (χ3v) is 4.25. The molecule has 1 aromatic carbocycles. The Morgan fingerprint density at radius 1 is 1.48 bits per heavy atom. The molecule has 0 saturated carbocycles. The summed E-state index contributed by atoms with van der Waals surface area (Å²) in [5, 5.41) is 17.1. The third kappa shape index (κ3) is 2.98. The molecule has 2 aromatic rings. The Morgan fingerprint density at radius 2 is 2.19 bits per heavy atom. The molecule has 0 fully saturated rings. The SMILES string of the molecule is CC(NS(=O)(=O)c1cccc(N)c1[N+](=O)[O-])c1ncn[nH]1. The lowest BCUT2D eigenvalue weighted by atomic mass is 10.3. The maximum Gasteiger partial charge on any atom is 0.312 e. The first-order valence-corrected chi connectivity index (χ1v) is 7.21. The normalized spacial score (nSPS) is 13.0. The largest absolute Gasteiger partial charge is 0.393 e.